The summed E-state index contributed by atoms with van der Waals surface area (Å²) < 4.78 is 28.5. The molecular weight excluding hydrogens is 408 g/mol. The van der Waals surface area contributed by atoms with Crippen LogP contribution in [0.25, 0.3) is 0 Å². The summed E-state index contributed by atoms with van der Waals surface area (Å²) in [6.07, 6.45) is 3.91. The van der Waals surface area contributed by atoms with Crippen molar-refractivity contribution in [3.05, 3.63) is 54.4 Å². The van der Waals surface area contributed by atoms with Crippen LogP contribution in [0.2, 0.25) is 0 Å². The van der Waals surface area contributed by atoms with Crippen molar-refractivity contribution < 1.29 is 27.8 Å². The number of aryl methyl sites for hydroxylation is 1. The molecule has 10 heteroatoms. The van der Waals surface area contributed by atoms with E-state index in [2.05, 4.69) is 0 Å². The molecule has 1 aromatic carbocycles. The van der Waals surface area contributed by atoms with Crippen LogP contribution in [0.4, 0.5) is 0 Å². The average Bonchev–Trinajstić information content (AvgIpc) is 3.29. The number of carbonyl (C=O) groups excluding carboxylic acids is 2. The van der Waals surface area contributed by atoms with E-state index in [0.717, 1.165) is 10.2 Å². The molecule has 0 aliphatic carbocycles. The van der Waals surface area contributed by atoms with Gasteiger partial charge in [0.15, 0.2) is 12.0 Å². The normalized spacial score (nSPS) is 21.7. The Hall–Kier alpha value is -2.98. The number of rotatable bonds is 5. The van der Waals surface area contributed by atoms with E-state index in [1.807, 2.05) is 0 Å². The summed E-state index contributed by atoms with van der Waals surface area (Å²) in [6, 6.07) is 8.25. The van der Waals surface area contributed by atoms with Gasteiger partial charge in [-0.2, -0.15) is 4.31 Å². The van der Waals surface area contributed by atoms with Gasteiger partial charge in [-0.3, -0.25) is 9.59 Å². The maximum absolute atomic E-state index is 13.1. The topological polar surface area (TPSA) is 125 Å². The lowest BCUT2D eigenvalue weighted by molar-refractivity contribution is -0.641. The summed E-state index contributed by atoms with van der Waals surface area (Å²) in [7, 11) is -3.91. The molecule has 2 unspecified atom stereocenters. The molecule has 0 saturated carbocycles. The van der Waals surface area contributed by atoms with Crippen molar-refractivity contribution >= 4 is 21.7 Å². The fourth-order valence-electron chi connectivity index (χ4n) is 4.19. The van der Waals surface area contributed by atoms with Gasteiger partial charge < -0.3 is 10.0 Å². The van der Waals surface area contributed by atoms with Gasteiger partial charge in [-0.1, -0.05) is 16.8 Å². The molecule has 1 aromatic heterocycles. The Labute approximate surface area is 174 Å². The number of Topliss-reactive ketones (excluding diaryl/α,β-unsaturated/α-hetero) is 1. The zero-order valence-electron chi connectivity index (χ0n) is 16.2. The lowest BCUT2D eigenvalue weighted by Gasteiger charge is -2.24. The first-order valence-corrected chi connectivity index (χ1v) is 11.1. The molecule has 30 heavy (non-hydrogen) atoms. The van der Waals surface area contributed by atoms with Crippen molar-refractivity contribution in [2.24, 2.45) is 0 Å². The van der Waals surface area contributed by atoms with Crippen LogP contribution >= 0.6 is 0 Å². The molecule has 2 saturated heterocycles. The Morgan fingerprint density at radius 3 is 2.67 bits per heavy atom. The SMILES string of the molecule is N[n+]1cccc(S(=O)(=O)N2CC(=O)C3C2CCN3C(=O)CCc2ccc(O)cc2)c1. The van der Waals surface area contributed by atoms with Crippen molar-refractivity contribution in [1.82, 2.24) is 9.21 Å². The van der Waals surface area contributed by atoms with Gasteiger partial charge in [-0.05, 0) is 36.6 Å². The minimum atomic E-state index is -3.91. The zero-order chi connectivity index (χ0) is 21.5. The summed E-state index contributed by atoms with van der Waals surface area (Å²) in [5.41, 5.74) is 0.901. The van der Waals surface area contributed by atoms with Crippen LogP contribution in [0.1, 0.15) is 18.4 Å². The lowest BCUT2D eigenvalue weighted by Crippen LogP contribution is -2.45. The zero-order valence-corrected chi connectivity index (χ0v) is 17.0. The number of fused-ring (bicyclic) bond motifs is 1. The maximum Gasteiger partial charge on any atom is 0.249 e. The van der Waals surface area contributed by atoms with Crippen molar-refractivity contribution in [1.29, 1.82) is 0 Å². The number of phenols is 1. The Kier molecular flexibility index (Phi) is 5.20. The largest absolute Gasteiger partial charge is 0.508 e. The number of amides is 1. The minimum Gasteiger partial charge on any atom is -0.508 e. The second kappa shape index (κ2) is 7.69. The first-order valence-electron chi connectivity index (χ1n) is 9.66. The van der Waals surface area contributed by atoms with E-state index in [-0.39, 0.29) is 35.3 Å². The van der Waals surface area contributed by atoms with Crippen LogP contribution in [0.5, 0.6) is 5.75 Å². The smallest absolute Gasteiger partial charge is 0.249 e. The maximum atomic E-state index is 13.1. The first kappa shape index (κ1) is 20.3. The molecular formula is C20H23N4O5S+. The van der Waals surface area contributed by atoms with Crippen LogP contribution in [0, 0.1) is 0 Å². The third kappa shape index (κ3) is 3.63. The number of aromatic nitrogens is 1. The highest BCUT2D eigenvalue weighted by Crippen LogP contribution is 2.34. The number of phenolic OH excluding ortho intramolecular Hbond substituents is 1. The monoisotopic (exact) mass is 431 g/mol. The quantitative estimate of drug-likeness (QED) is 0.489. The van der Waals surface area contributed by atoms with Crippen LogP contribution in [0.3, 0.4) is 0 Å². The Morgan fingerprint density at radius 2 is 1.97 bits per heavy atom. The number of nitrogens with zero attached hydrogens (tertiary/aromatic N) is 3. The summed E-state index contributed by atoms with van der Waals surface area (Å²) in [6.45, 7) is 0.0893. The Morgan fingerprint density at radius 1 is 1.23 bits per heavy atom. The molecule has 2 aliphatic heterocycles. The van der Waals surface area contributed by atoms with Gasteiger partial charge in [-0.25, -0.2) is 14.3 Å². The number of hydrogen-bond donors (Lipinski definition) is 2. The standard InChI is InChI=1S/C20H22N4O5S/c21-22-10-1-2-16(12-22)30(28,29)24-13-18(26)20-17(24)9-11-23(20)19(27)8-5-14-3-6-15(25)7-4-14/h1-4,6-7,10,12,17,20H,5,8-9,11,13,21H2/p+1. The highest BCUT2D eigenvalue weighted by atomic mass is 32.2. The highest BCUT2D eigenvalue weighted by Gasteiger charge is 2.53. The molecule has 2 aliphatic rings. The average molecular weight is 431 g/mol. The molecule has 3 heterocycles. The third-order valence-corrected chi connectivity index (χ3v) is 7.52. The van der Waals surface area contributed by atoms with E-state index in [9.17, 15) is 23.1 Å². The van der Waals surface area contributed by atoms with Gasteiger partial charge in [0, 0.05) is 19.0 Å². The minimum absolute atomic E-state index is 0.0121. The van der Waals surface area contributed by atoms with Crippen molar-refractivity contribution in [3.63, 3.8) is 0 Å². The Bertz CT molecular complexity index is 1090. The highest BCUT2D eigenvalue weighted by molar-refractivity contribution is 7.89. The number of benzene rings is 1. The first-order chi connectivity index (χ1) is 14.3. The lowest BCUT2D eigenvalue weighted by atomic mass is 10.1. The molecule has 4 rings (SSSR count). The summed E-state index contributed by atoms with van der Waals surface area (Å²) in [5, 5.41) is 9.35. The van der Waals surface area contributed by atoms with Gasteiger partial charge in [0.05, 0.1) is 12.6 Å². The number of pyridine rings is 1. The number of hydrogen-bond acceptors (Lipinski definition) is 6. The summed E-state index contributed by atoms with van der Waals surface area (Å²) >= 11 is 0. The number of nitrogen functional groups attached to an aromatic ring is 1. The van der Waals surface area contributed by atoms with Crippen molar-refractivity contribution in [3.8, 4) is 5.75 Å². The van der Waals surface area contributed by atoms with E-state index in [0.29, 0.717) is 19.4 Å². The van der Waals surface area contributed by atoms with Gasteiger partial charge >= 0.3 is 0 Å². The second-order valence-electron chi connectivity index (χ2n) is 7.56. The molecule has 158 valence electrons. The number of carbonyl (C=O) groups is 2. The summed E-state index contributed by atoms with van der Waals surface area (Å²) in [4.78, 5) is 27.0. The molecule has 2 aromatic rings. The van der Waals surface area contributed by atoms with E-state index < -0.39 is 22.1 Å². The fourth-order valence-corrected chi connectivity index (χ4v) is 5.84. The Balaban J connectivity index is 1.48. The number of likely N-dealkylation sites (tertiary alicyclic amines) is 1. The third-order valence-electron chi connectivity index (χ3n) is 5.66. The molecule has 2 atom stereocenters. The van der Waals surface area contributed by atoms with Crippen LogP contribution in [0.15, 0.2) is 53.7 Å². The van der Waals surface area contributed by atoms with E-state index >= 15 is 0 Å². The predicted octanol–water partition coefficient (Wildman–Crippen LogP) is -0.431. The number of ketones is 1. The van der Waals surface area contributed by atoms with Crippen LogP contribution in [-0.4, -0.2) is 59.6 Å². The van der Waals surface area contributed by atoms with Gasteiger partial charge in [0.2, 0.25) is 22.1 Å². The number of aromatic hydroxyl groups is 1. The van der Waals surface area contributed by atoms with Crippen LogP contribution < -0.4 is 10.5 Å². The molecule has 0 radical (unpaired) electrons. The van der Waals surface area contributed by atoms with Gasteiger partial charge in [0.1, 0.15) is 16.7 Å². The predicted molar refractivity (Wildman–Crippen MR) is 106 cm³/mol. The van der Waals surface area contributed by atoms with E-state index in [4.69, 9.17) is 5.84 Å². The number of sulfonamides is 1. The summed E-state index contributed by atoms with van der Waals surface area (Å²) in [5.74, 6) is 5.35. The van der Waals surface area contributed by atoms with Gasteiger partial charge in [0.25, 0.3) is 0 Å². The number of nitrogens with two attached hydrogens (primary N) is 1. The molecule has 1 amide bonds. The molecule has 3 N–H and O–H groups in total. The molecule has 2 fully saturated rings. The second-order valence-corrected chi connectivity index (χ2v) is 9.45. The fraction of sp³-hybridized carbons (Fsp3) is 0.350. The van der Waals surface area contributed by atoms with Crippen molar-refractivity contribution in [2.75, 3.05) is 18.9 Å². The van der Waals surface area contributed by atoms with E-state index in [1.165, 1.54) is 33.7 Å². The molecule has 9 nitrogen and oxygen atoms in total. The van der Waals surface area contributed by atoms with E-state index in [1.54, 1.807) is 24.3 Å². The molecule has 0 spiro atoms. The van der Waals surface area contributed by atoms with Crippen LogP contribution in [-0.2, 0) is 26.0 Å². The molecule has 0 bridgehead atoms. The van der Waals surface area contributed by atoms with Gasteiger partial charge in [-0.15, -0.1) is 0 Å². The van der Waals surface area contributed by atoms with Crippen molar-refractivity contribution in [2.45, 2.75) is 36.2 Å².